The van der Waals surface area contributed by atoms with Gasteiger partial charge in [0.2, 0.25) is 0 Å². The summed E-state index contributed by atoms with van der Waals surface area (Å²) < 4.78 is 7.19. The number of rotatable bonds is 1. The smallest absolute Gasteiger partial charge is 0.134 e. The van der Waals surface area contributed by atoms with Gasteiger partial charge < -0.3 is 4.74 Å². The first-order valence-corrected chi connectivity index (χ1v) is 5.19. The molecule has 1 aromatic rings. The van der Waals surface area contributed by atoms with E-state index in [4.69, 9.17) is 4.74 Å². The van der Waals surface area contributed by atoms with Gasteiger partial charge in [0.25, 0.3) is 0 Å². The Labute approximate surface area is 93.2 Å². The molecule has 60 valence electrons. The summed E-state index contributed by atoms with van der Waals surface area (Å²) >= 11 is 9.87. The standard InChI is InChI=1S/C7H6BrIOS/c1-10-6-3-4(9)2-5(8)7(6)11/h2-3,11H,1H3. The average Bonchev–Trinajstić information content (AvgIpc) is 1.96. The van der Waals surface area contributed by atoms with Crippen LogP contribution in [0, 0.1) is 3.57 Å². The molecular weight excluding hydrogens is 339 g/mol. The third kappa shape index (κ3) is 2.26. The third-order valence-corrected chi connectivity index (χ3v) is 3.23. The molecule has 0 amide bonds. The van der Waals surface area contributed by atoms with Crippen LogP contribution >= 0.6 is 51.1 Å². The summed E-state index contributed by atoms with van der Waals surface area (Å²) in [6.45, 7) is 0. The summed E-state index contributed by atoms with van der Waals surface area (Å²) in [4.78, 5) is 0.841. The van der Waals surface area contributed by atoms with Crippen molar-refractivity contribution in [1.82, 2.24) is 0 Å². The van der Waals surface area contributed by atoms with E-state index in [1.807, 2.05) is 12.1 Å². The second-order valence-electron chi connectivity index (χ2n) is 1.94. The van der Waals surface area contributed by atoms with Crippen LogP contribution in [0.1, 0.15) is 0 Å². The first-order valence-electron chi connectivity index (χ1n) is 2.87. The monoisotopic (exact) mass is 344 g/mol. The first-order chi connectivity index (χ1) is 5.15. The highest BCUT2D eigenvalue weighted by atomic mass is 127. The fraction of sp³-hybridized carbons (Fsp3) is 0.143. The molecule has 11 heavy (non-hydrogen) atoms. The van der Waals surface area contributed by atoms with Crippen molar-refractivity contribution in [2.24, 2.45) is 0 Å². The largest absolute Gasteiger partial charge is 0.496 e. The van der Waals surface area contributed by atoms with Gasteiger partial charge >= 0.3 is 0 Å². The summed E-state index contributed by atoms with van der Waals surface area (Å²) in [6, 6.07) is 3.93. The molecule has 0 radical (unpaired) electrons. The molecule has 0 saturated carbocycles. The lowest BCUT2D eigenvalue weighted by molar-refractivity contribution is 0.404. The maximum Gasteiger partial charge on any atom is 0.134 e. The van der Waals surface area contributed by atoms with Gasteiger partial charge in [0.15, 0.2) is 0 Å². The number of hydrogen-bond donors (Lipinski definition) is 1. The minimum absolute atomic E-state index is 0.798. The topological polar surface area (TPSA) is 9.23 Å². The Kier molecular flexibility index (Phi) is 3.52. The van der Waals surface area contributed by atoms with Crippen LogP contribution < -0.4 is 4.74 Å². The van der Waals surface area contributed by atoms with Crippen LogP contribution in [-0.2, 0) is 0 Å². The Morgan fingerprint density at radius 3 is 2.73 bits per heavy atom. The van der Waals surface area contributed by atoms with Crippen LogP contribution in [-0.4, -0.2) is 7.11 Å². The average molecular weight is 345 g/mol. The fourth-order valence-corrected chi connectivity index (χ4v) is 2.38. The van der Waals surface area contributed by atoms with E-state index >= 15 is 0 Å². The van der Waals surface area contributed by atoms with Crippen LogP contribution in [0.5, 0.6) is 5.75 Å². The molecule has 0 aliphatic rings. The lowest BCUT2D eigenvalue weighted by Crippen LogP contribution is -1.86. The van der Waals surface area contributed by atoms with Gasteiger partial charge in [-0.15, -0.1) is 12.6 Å². The van der Waals surface area contributed by atoms with Crippen LogP contribution in [0.15, 0.2) is 21.5 Å². The molecular formula is C7H6BrIOS. The molecule has 0 bridgehead atoms. The van der Waals surface area contributed by atoms with E-state index in [2.05, 4.69) is 51.1 Å². The summed E-state index contributed by atoms with van der Waals surface area (Å²) in [5.74, 6) is 0.798. The van der Waals surface area contributed by atoms with Gasteiger partial charge in [-0.3, -0.25) is 0 Å². The fourth-order valence-electron chi connectivity index (χ4n) is 0.698. The van der Waals surface area contributed by atoms with Gasteiger partial charge in [-0.05, 0) is 50.7 Å². The summed E-state index contributed by atoms with van der Waals surface area (Å²) in [5, 5.41) is 0. The number of thiol groups is 1. The highest BCUT2D eigenvalue weighted by Crippen LogP contribution is 2.32. The predicted molar refractivity (Wildman–Crippen MR) is 60.7 cm³/mol. The molecule has 0 aromatic heterocycles. The maximum absolute atomic E-state index is 5.10. The van der Waals surface area contributed by atoms with Crippen LogP contribution in [0.4, 0.5) is 0 Å². The van der Waals surface area contributed by atoms with E-state index in [-0.39, 0.29) is 0 Å². The molecule has 1 rings (SSSR count). The summed E-state index contributed by atoms with van der Waals surface area (Å²) in [6.07, 6.45) is 0. The Morgan fingerprint density at radius 1 is 1.55 bits per heavy atom. The van der Waals surface area contributed by atoms with E-state index in [1.165, 1.54) is 0 Å². The van der Waals surface area contributed by atoms with Crippen molar-refractivity contribution in [3.05, 3.63) is 20.2 Å². The number of benzene rings is 1. The molecule has 0 aliphatic heterocycles. The van der Waals surface area contributed by atoms with Gasteiger partial charge in [0.1, 0.15) is 5.75 Å². The van der Waals surface area contributed by atoms with E-state index < -0.39 is 0 Å². The highest BCUT2D eigenvalue weighted by molar-refractivity contribution is 14.1. The highest BCUT2D eigenvalue weighted by Gasteiger charge is 2.04. The molecule has 4 heteroatoms. The Bertz CT molecular complexity index is 277. The Morgan fingerprint density at radius 2 is 2.18 bits per heavy atom. The SMILES string of the molecule is COc1cc(I)cc(Br)c1S. The zero-order valence-electron chi connectivity index (χ0n) is 5.77. The molecule has 0 atom stereocenters. The van der Waals surface area contributed by atoms with Crippen molar-refractivity contribution < 1.29 is 4.74 Å². The molecule has 0 saturated heterocycles. The third-order valence-electron chi connectivity index (χ3n) is 1.21. The Balaban J connectivity index is 3.24. The minimum Gasteiger partial charge on any atom is -0.496 e. The lowest BCUT2D eigenvalue weighted by Gasteiger charge is -2.05. The quantitative estimate of drug-likeness (QED) is 0.607. The number of methoxy groups -OCH3 is 1. The van der Waals surface area contributed by atoms with Gasteiger partial charge in [-0.1, -0.05) is 0 Å². The number of halogens is 2. The van der Waals surface area contributed by atoms with Crippen LogP contribution in [0.25, 0.3) is 0 Å². The lowest BCUT2D eigenvalue weighted by atomic mass is 10.3. The van der Waals surface area contributed by atoms with Crippen molar-refractivity contribution >= 4 is 51.1 Å². The molecule has 0 heterocycles. The first kappa shape index (κ1) is 9.67. The summed E-state index contributed by atoms with van der Waals surface area (Å²) in [7, 11) is 1.64. The Hall–Kier alpha value is 0.580. The molecule has 0 N–H and O–H groups in total. The van der Waals surface area contributed by atoms with E-state index in [1.54, 1.807) is 7.11 Å². The second kappa shape index (κ2) is 4.00. The molecule has 1 nitrogen and oxygen atoms in total. The van der Waals surface area contributed by atoms with E-state index in [0.717, 1.165) is 18.7 Å². The van der Waals surface area contributed by atoms with Crippen LogP contribution in [0.2, 0.25) is 0 Å². The van der Waals surface area contributed by atoms with Crippen molar-refractivity contribution in [2.75, 3.05) is 7.11 Å². The van der Waals surface area contributed by atoms with Crippen molar-refractivity contribution in [3.63, 3.8) is 0 Å². The van der Waals surface area contributed by atoms with Crippen molar-refractivity contribution in [2.45, 2.75) is 4.90 Å². The maximum atomic E-state index is 5.10. The van der Waals surface area contributed by atoms with Gasteiger partial charge in [-0.2, -0.15) is 0 Å². The molecule has 0 spiro atoms. The zero-order valence-corrected chi connectivity index (χ0v) is 10.4. The zero-order chi connectivity index (χ0) is 8.43. The molecule has 0 aliphatic carbocycles. The second-order valence-corrected chi connectivity index (χ2v) is 4.49. The molecule has 1 aromatic carbocycles. The molecule has 0 fully saturated rings. The van der Waals surface area contributed by atoms with Gasteiger partial charge in [0.05, 0.1) is 12.0 Å². The number of ether oxygens (including phenoxy) is 1. The van der Waals surface area contributed by atoms with Gasteiger partial charge in [-0.25, -0.2) is 0 Å². The van der Waals surface area contributed by atoms with E-state index in [0.29, 0.717) is 0 Å². The predicted octanol–water partition coefficient (Wildman–Crippen LogP) is 3.35. The number of hydrogen-bond acceptors (Lipinski definition) is 2. The van der Waals surface area contributed by atoms with Crippen LogP contribution in [0.3, 0.4) is 0 Å². The normalized spacial score (nSPS) is 9.82. The molecule has 0 unspecified atom stereocenters. The minimum atomic E-state index is 0.798. The van der Waals surface area contributed by atoms with Crippen molar-refractivity contribution in [1.29, 1.82) is 0 Å². The van der Waals surface area contributed by atoms with E-state index in [9.17, 15) is 0 Å². The van der Waals surface area contributed by atoms with Gasteiger partial charge in [0, 0.05) is 8.04 Å². The summed E-state index contributed by atoms with van der Waals surface area (Å²) in [5.41, 5.74) is 0. The van der Waals surface area contributed by atoms with Crippen molar-refractivity contribution in [3.8, 4) is 5.75 Å².